The molecule has 0 aliphatic rings. The monoisotopic (exact) mass is 264 g/mol. The zero-order chi connectivity index (χ0) is 14.1. The van der Waals surface area contributed by atoms with Crippen LogP contribution in [0.2, 0.25) is 0 Å². The van der Waals surface area contributed by atoms with E-state index < -0.39 is 0 Å². The van der Waals surface area contributed by atoms with Crippen LogP contribution < -0.4 is 0 Å². The summed E-state index contributed by atoms with van der Waals surface area (Å²) in [6.45, 7) is 5.46. The number of rotatable bonds is 9. The number of aromatic nitrogens is 3. The number of aliphatic hydroxyl groups excluding tert-OH is 1. The molecule has 0 aromatic carbocycles. The molecule has 0 atom stereocenters. The highest BCUT2D eigenvalue weighted by atomic mass is 16.2. The quantitative estimate of drug-likeness (QED) is 0.693. The van der Waals surface area contributed by atoms with Gasteiger partial charge in [0.2, 0.25) is 0 Å². The highest BCUT2D eigenvalue weighted by molar-refractivity contribution is 5.14. The summed E-state index contributed by atoms with van der Waals surface area (Å²) in [5, 5.41) is 25.9. The van der Waals surface area contributed by atoms with Crippen LogP contribution in [0.15, 0.2) is 0 Å². The molecule has 106 valence electrons. The van der Waals surface area contributed by atoms with Crippen molar-refractivity contribution in [2.45, 2.75) is 58.9 Å². The summed E-state index contributed by atoms with van der Waals surface area (Å²) in [6, 6.07) is 2.15. The summed E-state index contributed by atoms with van der Waals surface area (Å²) in [7, 11) is 0. The van der Waals surface area contributed by atoms with Crippen molar-refractivity contribution in [3.05, 3.63) is 11.4 Å². The average Bonchev–Trinajstić information content (AvgIpc) is 2.75. The van der Waals surface area contributed by atoms with Crippen molar-refractivity contribution in [2.24, 2.45) is 5.92 Å². The second kappa shape index (κ2) is 8.65. The van der Waals surface area contributed by atoms with Crippen LogP contribution in [0.5, 0.6) is 0 Å². The molecular weight excluding hydrogens is 240 g/mol. The van der Waals surface area contributed by atoms with Gasteiger partial charge in [-0.2, -0.15) is 5.26 Å². The van der Waals surface area contributed by atoms with Gasteiger partial charge in [-0.15, -0.1) is 5.10 Å². The molecule has 0 unspecified atom stereocenters. The molecule has 0 radical (unpaired) electrons. The van der Waals surface area contributed by atoms with Crippen LogP contribution in [0.1, 0.15) is 50.9 Å². The molecular formula is C14H24N4O. The van der Waals surface area contributed by atoms with Gasteiger partial charge < -0.3 is 5.11 Å². The molecule has 5 heteroatoms. The van der Waals surface area contributed by atoms with Gasteiger partial charge in [0.1, 0.15) is 0 Å². The standard InChI is InChI=1S/C14H24N4O/c1-12(2)6-7-14-13(8-9-15)16-17-18(14)10-4-3-5-11-19/h12,19H,3-8,10-11H2,1-2H3. The fourth-order valence-electron chi connectivity index (χ4n) is 2.01. The molecule has 19 heavy (non-hydrogen) atoms. The average molecular weight is 264 g/mol. The predicted molar refractivity (Wildman–Crippen MR) is 73.4 cm³/mol. The van der Waals surface area contributed by atoms with E-state index in [-0.39, 0.29) is 6.61 Å². The zero-order valence-electron chi connectivity index (χ0n) is 12.0. The number of aliphatic hydroxyl groups is 1. The largest absolute Gasteiger partial charge is 0.396 e. The van der Waals surface area contributed by atoms with Gasteiger partial charge in [-0.25, -0.2) is 4.68 Å². The molecule has 1 aromatic rings. The molecule has 5 nitrogen and oxygen atoms in total. The Morgan fingerprint density at radius 3 is 2.74 bits per heavy atom. The second-order valence-corrected chi connectivity index (χ2v) is 5.26. The minimum atomic E-state index is 0.247. The fraction of sp³-hybridized carbons (Fsp3) is 0.786. The van der Waals surface area contributed by atoms with Gasteiger partial charge in [0, 0.05) is 13.2 Å². The third-order valence-corrected chi connectivity index (χ3v) is 3.15. The first-order valence-electron chi connectivity index (χ1n) is 7.08. The molecule has 0 bridgehead atoms. The van der Waals surface area contributed by atoms with E-state index in [1.165, 1.54) is 0 Å². The van der Waals surface area contributed by atoms with Crippen LogP contribution >= 0.6 is 0 Å². The molecule has 0 aliphatic carbocycles. The topological polar surface area (TPSA) is 74.7 Å². The van der Waals surface area contributed by atoms with E-state index in [1.54, 1.807) is 0 Å². The molecule has 0 fully saturated rings. The van der Waals surface area contributed by atoms with Crippen LogP contribution in [-0.2, 0) is 19.4 Å². The molecule has 1 rings (SSSR count). The molecule has 1 aromatic heterocycles. The van der Waals surface area contributed by atoms with Crippen molar-refractivity contribution in [3.8, 4) is 6.07 Å². The van der Waals surface area contributed by atoms with Crippen LogP contribution in [0.4, 0.5) is 0 Å². The first kappa shape index (κ1) is 15.6. The van der Waals surface area contributed by atoms with Crippen LogP contribution in [0.25, 0.3) is 0 Å². The minimum Gasteiger partial charge on any atom is -0.396 e. The van der Waals surface area contributed by atoms with E-state index in [0.29, 0.717) is 12.3 Å². The summed E-state index contributed by atoms with van der Waals surface area (Å²) in [4.78, 5) is 0. The lowest BCUT2D eigenvalue weighted by Crippen LogP contribution is -2.08. The number of nitriles is 1. The van der Waals surface area contributed by atoms with Gasteiger partial charge in [-0.1, -0.05) is 19.1 Å². The van der Waals surface area contributed by atoms with E-state index >= 15 is 0 Å². The number of hydrogen-bond acceptors (Lipinski definition) is 4. The Labute approximate surface area is 115 Å². The van der Waals surface area contributed by atoms with Crippen molar-refractivity contribution >= 4 is 0 Å². The van der Waals surface area contributed by atoms with Gasteiger partial charge in [0.05, 0.1) is 23.9 Å². The van der Waals surface area contributed by atoms with Crippen LogP contribution in [-0.4, -0.2) is 26.7 Å². The van der Waals surface area contributed by atoms with Gasteiger partial charge >= 0.3 is 0 Å². The highest BCUT2D eigenvalue weighted by Gasteiger charge is 2.12. The molecule has 0 aliphatic heterocycles. The summed E-state index contributed by atoms with van der Waals surface area (Å²) < 4.78 is 1.94. The molecule has 0 saturated carbocycles. The highest BCUT2D eigenvalue weighted by Crippen LogP contribution is 2.14. The summed E-state index contributed by atoms with van der Waals surface area (Å²) >= 11 is 0. The third kappa shape index (κ3) is 5.39. The second-order valence-electron chi connectivity index (χ2n) is 5.26. The first-order valence-corrected chi connectivity index (χ1v) is 7.08. The lowest BCUT2D eigenvalue weighted by atomic mass is 10.0. The Kier molecular flexibility index (Phi) is 7.12. The molecule has 0 saturated heterocycles. The van der Waals surface area contributed by atoms with Crippen LogP contribution in [0, 0.1) is 17.2 Å². The van der Waals surface area contributed by atoms with Crippen molar-refractivity contribution in [1.29, 1.82) is 5.26 Å². The Bertz CT molecular complexity index is 406. The number of hydrogen-bond donors (Lipinski definition) is 1. The van der Waals surface area contributed by atoms with E-state index in [4.69, 9.17) is 10.4 Å². The maximum atomic E-state index is 8.82. The third-order valence-electron chi connectivity index (χ3n) is 3.15. The van der Waals surface area contributed by atoms with Gasteiger partial charge in [0.15, 0.2) is 0 Å². The van der Waals surface area contributed by atoms with E-state index in [0.717, 1.165) is 50.0 Å². The Hall–Kier alpha value is -1.41. The smallest absolute Gasteiger partial charge is 0.0999 e. The lowest BCUT2D eigenvalue weighted by Gasteiger charge is -2.09. The van der Waals surface area contributed by atoms with Gasteiger partial charge in [0.25, 0.3) is 0 Å². The Morgan fingerprint density at radius 1 is 1.32 bits per heavy atom. The van der Waals surface area contributed by atoms with E-state index in [9.17, 15) is 0 Å². The normalized spacial score (nSPS) is 10.9. The van der Waals surface area contributed by atoms with Crippen molar-refractivity contribution in [1.82, 2.24) is 15.0 Å². The summed E-state index contributed by atoms with van der Waals surface area (Å²) in [5.41, 5.74) is 1.93. The predicted octanol–water partition coefficient (Wildman–Crippen LogP) is 2.10. The molecule has 1 heterocycles. The maximum absolute atomic E-state index is 8.82. The molecule has 1 N–H and O–H groups in total. The zero-order valence-corrected chi connectivity index (χ0v) is 12.0. The minimum absolute atomic E-state index is 0.247. The molecule has 0 amide bonds. The van der Waals surface area contributed by atoms with Crippen molar-refractivity contribution in [3.63, 3.8) is 0 Å². The van der Waals surface area contributed by atoms with Crippen molar-refractivity contribution < 1.29 is 5.11 Å². The van der Waals surface area contributed by atoms with Crippen LogP contribution in [0.3, 0.4) is 0 Å². The lowest BCUT2D eigenvalue weighted by molar-refractivity contribution is 0.281. The summed E-state index contributed by atoms with van der Waals surface area (Å²) in [6.07, 6.45) is 5.17. The summed E-state index contributed by atoms with van der Waals surface area (Å²) in [5.74, 6) is 0.632. The molecule has 0 spiro atoms. The Morgan fingerprint density at radius 2 is 2.11 bits per heavy atom. The van der Waals surface area contributed by atoms with Gasteiger partial charge in [-0.3, -0.25) is 0 Å². The fourth-order valence-corrected chi connectivity index (χ4v) is 2.01. The number of nitrogens with zero attached hydrogens (tertiary/aromatic N) is 4. The first-order chi connectivity index (χ1) is 9.19. The number of unbranched alkanes of at least 4 members (excludes halogenated alkanes) is 2. The van der Waals surface area contributed by atoms with E-state index in [1.807, 2.05) is 4.68 Å². The Balaban J connectivity index is 2.65. The van der Waals surface area contributed by atoms with E-state index in [2.05, 4.69) is 30.2 Å². The van der Waals surface area contributed by atoms with Crippen molar-refractivity contribution in [2.75, 3.05) is 6.61 Å². The SMILES string of the molecule is CC(C)CCc1c(CC#N)nnn1CCCCCO. The number of aryl methyl sites for hydroxylation is 1. The van der Waals surface area contributed by atoms with Gasteiger partial charge in [-0.05, 0) is 38.0 Å². The maximum Gasteiger partial charge on any atom is 0.0999 e.